The minimum atomic E-state index is -2.63. The maximum absolute atomic E-state index is 10.5. The molecule has 2 aromatic carbocycles. The second-order valence-corrected chi connectivity index (χ2v) is 12.8. The Balaban J connectivity index is 2.20. The Kier molecular flexibility index (Phi) is 10.7. The summed E-state index contributed by atoms with van der Waals surface area (Å²) in [6.07, 6.45) is 3.23. The highest BCUT2D eigenvalue weighted by Gasteiger charge is 2.37. The Morgan fingerprint density at radius 2 is 1.27 bits per heavy atom. The zero-order chi connectivity index (χ0) is 24.5. The molecule has 0 bridgehead atoms. The van der Waals surface area contributed by atoms with Crippen LogP contribution in [0.3, 0.4) is 0 Å². The van der Waals surface area contributed by atoms with Crippen molar-refractivity contribution in [3.63, 3.8) is 0 Å². The summed E-state index contributed by atoms with van der Waals surface area (Å²) in [7, 11) is 3.90. The van der Waals surface area contributed by atoms with Crippen LogP contribution in [-0.4, -0.2) is 53.2 Å². The van der Waals surface area contributed by atoms with Crippen molar-refractivity contribution in [3.8, 4) is 11.5 Å². The van der Waals surface area contributed by atoms with Gasteiger partial charge in [0.2, 0.25) is 0 Å². The highest BCUT2D eigenvalue weighted by molar-refractivity contribution is 7.73. The van der Waals surface area contributed by atoms with E-state index in [0.717, 1.165) is 59.3 Å². The van der Waals surface area contributed by atoms with Gasteiger partial charge in [0.25, 0.3) is 0 Å². The predicted molar refractivity (Wildman–Crippen MR) is 137 cm³/mol. The first kappa shape index (κ1) is 27.7. The first-order valence-electron chi connectivity index (χ1n) is 11.2. The van der Waals surface area contributed by atoms with Gasteiger partial charge in [0, 0.05) is 32.8 Å². The topological polar surface area (TPSA) is 77.4 Å². The van der Waals surface area contributed by atoms with Crippen molar-refractivity contribution in [1.82, 2.24) is 0 Å². The second kappa shape index (κ2) is 12.8. The van der Waals surface area contributed by atoms with E-state index in [-0.39, 0.29) is 11.2 Å². The highest BCUT2D eigenvalue weighted by atomic mass is 32.2. The lowest BCUT2D eigenvalue weighted by Gasteiger charge is -2.28. The van der Waals surface area contributed by atoms with Gasteiger partial charge < -0.3 is 23.5 Å². The molecule has 0 radical (unpaired) electrons. The van der Waals surface area contributed by atoms with Crippen molar-refractivity contribution in [2.75, 3.05) is 34.2 Å². The molecule has 0 unspecified atom stereocenters. The first-order valence-corrected chi connectivity index (χ1v) is 14.2. The Hall–Kier alpha value is -1.55. The largest absolute Gasteiger partial charge is 0.508 e. The quantitative estimate of drug-likeness (QED) is 0.173. The normalized spacial score (nSPS) is 12.3. The van der Waals surface area contributed by atoms with Gasteiger partial charge in [0.1, 0.15) is 29.3 Å². The third kappa shape index (κ3) is 7.21. The zero-order valence-electron chi connectivity index (χ0n) is 20.7. The van der Waals surface area contributed by atoms with E-state index in [4.69, 9.17) is 17.5 Å². The van der Waals surface area contributed by atoms with E-state index in [1.807, 2.05) is 12.1 Å². The van der Waals surface area contributed by atoms with Crippen molar-refractivity contribution in [2.45, 2.75) is 51.0 Å². The molecule has 0 aliphatic rings. The molecule has 184 valence electrons. The number of rotatable bonds is 14. The summed E-state index contributed by atoms with van der Waals surface area (Å²) in [4.78, 5) is 0. The second-order valence-electron chi connectivity index (χ2n) is 8.60. The average Bonchev–Trinajstić information content (AvgIpc) is 2.82. The molecular formula is C25H39O6SSi+. The number of hydrogen-bond acceptors (Lipinski definition) is 6. The van der Waals surface area contributed by atoms with Crippen LogP contribution in [0.1, 0.15) is 48.9 Å². The number of phenolic OH excluding ortho intramolecular Hbond substituents is 2. The van der Waals surface area contributed by atoms with Gasteiger partial charge in [-0.3, -0.25) is 0 Å². The molecule has 0 spiro atoms. The minimum absolute atomic E-state index is 0.290. The fraction of sp³-hybridized carbons (Fsp3) is 0.520. The first-order chi connectivity index (χ1) is 15.7. The van der Waals surface area contributed by atoms with Crippen LogP contribution in [0.4, 0.5) is 0 Å². The summed E-state index contributed by atoms with van der Waals surface area (Å²) in [6, 6.07) is 12.4. The molecule has 0 atom stereocenters. The molecule has 0 aromatic heterocycles. The third-order valence-electron chi connectivity index (χ3n) is 6.29. The monoisotopic (exact) mass is 495 g/mol. The lowest BCUT2D eigenvalue weighted by atomic mass is 9.76. The fourth-order valence-corrected chi connectivity index (χ4v) is 6.18. The van der Waals surface area contributed by atoms with E-state index in [1.165, 1.54) is 0 Å². The maximum Gasteiger partial charge on any atom is 0.500 e. The number of aryl methyl sites for hydroxylation is 2. The lowest BCUT2D eigenvalue weighted by molar-refractivity contribution is 0.123. The van der Waals surface area contributed by atoms with Gasteiger partial charge in [-0.25, -0.2) is 0 Å². The molecule has 2 rings (SSSR count). The summed E-state index contributed by atoms with van der Waals surface area (Å²) in [5, 5.41) is 20.8. The van der Waals surface area contributed by atoms with Crippen LogP contribution in [0.2, 0.25) is 6.04 Å². The Morgan fingerprint density at radius 3 is 1.73 bits per heavy atom. The predicted octanol–water partition coefficient (Wildman–Crippen LogP) is 4.54. The van der Waals surface area contributed by atoms with Gasteiger partial charge in [-0.1, -0.05) is 38.1 Å². The number of aromatic hydroxyl groups is 2. The fourth-order valence-electron chi connectivity index (χ4n) is 3.99. The van der Waals surface area contributed by atoms with Crippen LogP contribution >= 0.6 is 0 Å². The van der Waals surface area contributed by atoms with Gasteiger partial charge in [-0.15, -0.1) is 0 Å². The Bertz CT molecular complexity index is 877. The summed E-state index contributed by atoms with van der Waals surface area (Å²) in [6.45, 7) is 4.34. The minimum Gasteiger partial charge on any atom is -0.508 e. The molecule has 0 saturated heterocycles. The highest BCUT2D eigenvalue weighted by Crippen LogP contribution is 2.36. The van der Waals surface area contributed by atoms with Crippen LogP contribution in [0.15, 0.2) is 36.4 Å². The van der Waals surface area contributed by atoms with Crippen molar-refractivity contribution < 1.29 is 27.7 Å². The number of phenols is 2. The van der Waals surface area contributed by atoms with Crippen molar-refractivity contribution in [2.24, 2.45) is 0 Å². The molecule has 8 heteroatoms. The van der Waals surface area contributed by atoms with Gasteiger partial charge in [-0.05, 0) is 60.1 Å². The smallest absolute Gasteiger partial charge is 0.500 e. The molecule has 0 amide bonds. The van der Waals surface area contributed by atoms with Crippen molar-refractivity contribution >= 4 is 20.8 Å². The van der Waals surface area contributed by atoms with E-state index in [9.17, 15) is 10.2 Å². The van der Waals surface area contributed by atoms with E-state index in [2.05, 4.69) is 26.0 Å². The average molecular weight is 496 g/mol. The summed E-state index contributed by atoms with van der Waals surface area (Å²) < 4.78 is 21.6. The van der Waals surface area contributed by atoms with Crippen LogP contribution in [0.5, 0.6) is 11.5 Å². The van der Waals surface area contributed by atoms with Crippen LogP contribution in [0.25, 0.3) is 0 Å². The molecule has 6 nitrogen and oxygen atoms in total. The van der Waals surface area contributed by atoms with Gasteiger partial charge >= 0.3 is 8.80 Å². The summed E-state index contributed by atoms with van der Waals surface area (Å²) in [5.41, 5.74) is 3.79. The van der Waals surface area contributed by atoms with Crippen molar-refractivity contribution in [3.05, 3.63) is 58.7 Å². The number of benzene rings is 2. The van der Waals surface area contributed by atoms with E-state index in [1.54, 1.807) is 40.6 Å². The number of hydrogen-bond donors (Lipinski definition) is 2. The summed E-state index contributed by atoms with van der Waals surface area (Å²) >= 11 is 0.961. The number of thiol groups is 1. The Morgan fingerprint density at radius 1 is 0.788 bits per heavy atom. The molecule has 0 aliphatic carbocycles. The molecular weight excluding hydrogens is 456 g/mol. The van der Waals surface area contributed by atoms with Crippen LogP contribution in [-0.2, 0) is 47.8 Å². The molecule has 33 heavy (non-hydrogen) atoms. The molecule has 0 aliphatic heterocycles. The zero-order valence-corrected chi connectivity index (χ0v) is 22.6. The third-order valence-corrected chi connectivity index (χ3v) is 9.88. The van der Waals surface area contributed by atoms with Crippen LogP contribution < -0.4 is 0 Å². The molecule has 0 heterocycles. The van der Waals surface area contributed by atoms with E-state index >= 15 is 0 Å². The standard InChI is InChI=1S/C25H38O6SSi/c1-25(2,21-11-13-23(26)19(17-21)9-7-15-32-28-3)22-12-14-24(27)20(18-22)10-8-16-33(29-4,30-5)31-6/h11-14,17-18,26-27H,7-10,15-16H2,1-6H3/p+1. The lowest BCUT2D eigenvalue weighted by Crippen LogP contribution is -2.42. The molecule has 0 fully saturated rings. The Labute approximate surface area is 203 Å². The molecule has 0 saturated carbocycles. The molecule has 2 N–H and O–H groups in total. The van der Waals surface area contributed by atoms with E-state index < -0.39 is 8.80 Å². The van der Waals surface area contributed by atoms with Gasteiger partial charge in [0.15, 0.2) is 0 Å². The van der Waals surface area contributed by atoms with Crippen LogP contribution in [0, 0.1) is 0 Å². The molecule has 2 aromatic rings. The summed E-state index contributed by atoms with van der Waals surface area (Å²) in [5.74, 6) is 1.56. The SMILES string of the molecule is CO[SH+]CCCc1cc(C(C)(C)c2ccc(O)c(CCC[Si](OC)(OC)OC)c2)ccc1O. The maximum atomic E-state index is 10.5. The van der Waals surface area contributed by atoms with Gasteiger partial charge in [-0.2, -0.15) is 4.18 Å². The van der Waals surface area contributed by atoms with E-state index in [0.29, 0.717) is 18.2 Å². The van der Waals surface area contributed by atoms with Crippen molar-refractivity contribution in [1.29, 1.82) is 0 Å². The van der Waals surface area contributed by atoms with Gasteiger partial charge in [0.05, 0.1) is 7.11 Å².